The Morgan fingerprint density at radius 3 is 2.80 bits per heavy atom. The van der Waals surface area contributed by atoms with E-state index in [0.29, 0.717) is 12.5 Å². The molecule has 2 aromatic rings. The summed E-state index contributed by atoms with van der Waals surface area (Å²) in [5, 5.41) is 5.91. The highest BCUT2D eigenvalue weighted by Gasteiger charge is 2.08. The lowest BCUT2D eigenvalue weighted by Gasteiger charge is -2.11. The van der Waals surface area contributed by atoms with E-state index in [1.165, 1.54) is 0 Å². The number of rotatable bonds is 5. The van der Waals surface area contributed by atoms with Gasteiger partial charge in [-0.25, -0.2) is 9.37 Å². The molecule has 1 heterocycles. The number of nitrogens with zero attached hydrogens (tertiary/aromatic N) is 2. The molecule has 0 fully saturated rings. The number of hydrogen-bond acceptors (Lipinski definition) is 5. The summed E-state index contributed by atoms with van der Waals surface area (Å²) in [6.07, 6.45) is 1.15. The summed E-state index contributed by atoms with van der Waals surface area (Å²) in [6, 6.07) is 5.49. The quantitative estimate of drug-likeness (QED) is 0.878. The van der Waals surface area contributed by atoms with Crippen molar-refractivity contribution in [3.63, 3.8) is 0 Å². The lowest BCUT2D eigenvalue weighted by Crippen LogP contribution is -2.06. The standard InChI is InChI=1S/C14H17FN4O/c1-4-16-14-17-8-11(15)13(19-14)18-12-6-5-10(20-3)7-9(12)2/h5-8H,4H2,1-3H3,(H2,16,17,18,19). The molecular formula is C14H17FN4O. The summed E-state index contributed by atoms with van der Waals surface area (Å²) in [6.45, 7) is 4.51. The van der Waals surface area contributed by atoms with Gasteiger partial charge in [-0.05, 0) is 37.6 Å². The molecule has 106 valence electrons. The molecule has 0 spiro atoms. The number of nitrogens with one attached hydrogen (secondary N) is 2. The average Bonchev–Trinajstić information content (AvgIpc) is 2.44. The van der Waals surface area contributed by atoms with Crippen LogP contribution >= 0.6 is 0 Å². The van der Waals surface area contributed by atoms with Crippen LogP contribution in [0.25, 0.3) is 0 Å². The number of ether oxygens (including phenoxy) is 1. The molecule has 0 amide bonds. The molecule has 0 unspecified atom stereocenters. The maximum absolute atomic E-state index is 13.7. The molecule has 0 aliphatic heterocycles. The van der Waals surface area contributed by atoms with E-state index in [1.807, 2.05) is 26.0 Å². The van der Waals surface area contributed by atoms with Crippen molar-refractivity contribution < 1.29 is 9.13 Å². The minimum absolute atomic E-state index is 0.143. The number of benzene rings is 1. The van der Waals surface area contributed by atoms with Gasteiger partial charge in [0.05, 0.1) is 13.3 Å². The third kappa shape index (κ3) is 3.14. The maximum atomic E-state index is 13.7. The lowest BCUT2D eigenvalue weighted by molar-refractivity contribution is 0.414. The second-order valence-electron chi connectivity index (χ2n) is 4.23. The zero-order valence-corrected chi connectivity index (χ0v) is 11.7. The molecule has 0 saturated carbocycles. The van der Waals surface area contributed by atoms with Gasteiger partial charge < -0.3 is 15.4 Å². The molecule has 6 heteroatoms. The first kappa shape index (κ1) is 14.0. The molecule has 0 aliphatic rings. The predicted octanol–water partition coefficient (Wildman–Crippen LogP) is 3.11. The van der Waals surface area contributed by atoms with Gasteiger partial charge in [-0.2, -0.15) is 4.98 Å². The van der Waals surface area contributed by atoms with Crippen molar-refractivity contribution >= 4 is 17.5 Å². The summed E-state index contributed by atoms with van der Waals surface area (Å²) in [5.41, 5.74) is 1.71. The topological polar surface area (TPSA) is 59.1 Å². The van der Waals surface area contributed by atoms with Crippen LogP contribution in [0.5, 0.6) is 5.75 Å². The van der Waals surface area contributed by atoms with E-state index in [1.54, 1.807) is 13.2 Å². The van der Waals surface area contributed by atoms with E-state index in [4.69, 9.17) is 4.74 Å². The second-order valence-corrected chi connectivity index (χ2v) is 4.23. The van der Waals surface area contributed by atoms with E-state index in [0.717, 1.165) is 23.2 Å². The molecule has 0 saturated heterocycles. The zero-order chi connectivity index (χ0) is 14.5. The zero-order valence-electron chi connectivity index (χ0n) is 11.7. The van der Waals surface area contributed by atoms with Gasteiger partial charge >= 0.3 is 0 Å². The van der Waals surface area contributed by atoms with Crippen LogP contribution in [0, 0.1) is 12.7 Å². The number of hydrogen-bond donors (Lipinski definition) is 2. The largest absolute Gasteiger partial charge is 0.497 e. The number of anilines is 3. The van der Waals surface area contributed by atoms with Crippen molar-refractivity contribution in [2.24, 2.45) is 0 Å². The Hall–Kier alpha value is -2.37. The molecule has 2 rings (SSSR count). The summed E-state index contributed by atoms with van der Waals surface area (Å²) in [7, 11) is 1.61. The van der Waals surface area contributed by atoms with Crippen molar-refractivity contribution in [1.29, 1.82) is 0 Å². The van der Waals surface area contributed by atoms with Gasteiger partial charge in [0.25, 0.3) is 0 Å². The normalized spacial score (nSPS) is 10.2. The minimum atomic E-state index is -0.498. The number of aromatic nitrogens is 2. The molecule has 1 aromatic carbocycles. The molecule has 1 aromatic heterocycles. The van der Waals surface area contributed by atoms with E-state index in [2.05, 4.69) is 20.6 Å². The third-order valence-electron chi connectivity index (χ3n) is 2.77. The Balaban J connectivity index is 2.27. The van der Waals surface area contributed by atoms with Crippen LogP contribution in [0.2, 0.25) is 0 Å². The predicted molar refractivity (Wildman–Crippen MR) is 77.2 cm³/mol. The lowest BCUT2D eigenvalue weighted by atomic mass is 10.2. The molecule has 0 radical (unpaired) electrons. The van der Waals surface area contributed by atoms with E-state index in [-0.39, 0.29) is 5.82 Å². The SMILES string of the molecule is CCNc1ncc(F)c(Nc2ccc(OC)cc2C)n1. The summed E-state index contributed by atoms with van der Waals surface area (Å²) < 4.78 is 18.9. The Labute approximate surface area is 117 Å². The van der Waals surface area contributed by atoms with Crippen molar-refractivity contribution in [2.45, 2.75) is 13.8 Å². The molecule has 0 atom stereocenters. The maximum Gasteiger partial charge on any atom is 0.224 e. The first-order valence-corrected chi connectivity index (χ1v) is 6.32. The van der Waals surface area contributed by atoms with Crippen molar-refractivity contribution in [3.8, 4) is 5.75 Å². The Morgan fingerprint density at radius 1 is 1.35 bits per heavy atom. The number of aryl methyl sites for hydroxylation is 1. The van der Waals surface area contributed by atoms with Crippen LogP contribution in [-0.4, -0.2) is 23.6 Å². The first-order valence-electron chi connectivity index (χ1n) is 6.32. The van der Waals surface area contributed by atoms with Crippen LogP contribution in [0.3, 0.4) is 0 Å². The molecule has 20 heavy (non-hydrogen) atoms. The highest BCUT2D eigenvalue weighted by molar-refractivity contribution is 5.62. The Bertz CT molecular complexity index is 604. The van der Waals surface area contributed by atoms with Crippen LogP contribution < -0.4 is 15.4 Å². The summed E-state index contributed by atoms with van der Waals surface area (Å²) in [5.74, 6) is 0.790. The van der Waals surface area contributed by atoms with Crippen molar-refractivity contribution in [3.05, 3.63) is 35.8 Å². The Kier molecular flexibility index (Phi) is 4.34. The number of methoxy groups -OCH3 is 1. The fourth-order valence-corrected chi connectivity index (χ4v) is 1.73. The smallest absolute Gasteiger partial charge is 0.224 e. The van der Waals surface area contributed by atoms with Gasteiger partial charge in [-0.1, -0.05) is 0 Å². The Morgan fingerprint density at radius 2 is 2.15 bits per heavy atom. The van der Waals surface area contributed by atoms with Gasteiger partial charge in [0.15, 0.2) is 11.6 Å². The average molecular weight is 276 g/mol. The van der Waals surface area contributed by atoms with Crippen LogP contribution in [0.15, 0.2) is 24.4 Å². The monoisotopic (exact) mass is 276 g/mol. The van der Waals surface area contributed by atoms with E-state index >= 15 is 0 Å². The fraction of sp³-hybridized carbons (Fsp3) is 0.286. The van der Waals surface area contributed by atoms with Crippen molar-refractivity contribution in [1.82, 2.24) is 9.97 Å². The third-order valence-corrected chi connectivity index (χ3v) is 2.77. The molecule has 2 N–H and O–H groups in total. The molecule has 5 nitrogen and oxygen atoms in total. The molecule has 0 bridgehead atoms. The van der Waals surface area contributed by atoms with Gasteiger partial charge in [-0.3, -0.25) is 0 Å². The molecular weight excluding hydrogens is 259 g/mol. The van der Waals surface area contributed by atoms with Gasteiger partial charge in [-0.15, -0.1) is 0 Å². The van der Waals surface area contributed by atoms with Gasteiger partial charge in [0, 0.05) is 12.2 Å². The van der Waals surface area contributed by atoms with Crippen molar-refractivity contribution in [2.75, 3.05) is 24.3 Å². The minimum Gasteiger partial charge on any atom is -0.497 e. The highest BCUT2D eigenvalue weighted by Crippen LogP contribution is 2.25. The van der Waals surface area contributed by atoms with Gasteiger partial charge in [0.2, 0.25) is 5.95 Å². The summed E-state index contributed by atoms with van der Waals surface area (Å²) in [4.78, 5) is 7.96. The van der Waals surface area contributed by atoms with Crippen LogP contribution in [0.4, 0.5) is 21.8 Å². The summed E-state index contributed by atoms with van der Waals surface area (Å²) >= 11 is 0. The second kappa shape index (κ2) is 6.18. The highest BCUT2D eigenvalue weighted by atomic mass is 19.1. The van der Waals surface area contributed by atoms with Crippen LogP contribution in [0.1, 0.15) is 12.5 Å². The van der Waals surface area contributed by atoms with E-state index in [9.17, 15) is 4.39 Å². The fourth-order valence-electron chi connectivity index (χ4n) is 1.73. The van der Waals surface area contributed by atoms with Crippen LogP contribution in [-0.2, 0) is 0 Å². The van der Waals surface area contributed by atoms with Gasteiger partial charge in [0.1, 0.15) is 5.75 Å². The van der Waals surface area contributed by atoms with E-state index < -0.39 is 5.82 Å². The first-order chi connectivity index (χ1) is 9.63. The number of halogens is 1. The molecule has 0 aliphatic carbocycles.